The monoisotopic (exact) mass is 850 g/mol. The molecule has 356 valence electrons. The zero-order valence-corrected chi connectivity index (χ0v) is 41.8. The first-order valence-electron chi connectivity index (χ1n) is 25.9. The molecule has 2 atom stereocenters. The predicted octanol–water partition coefficient (Wildman–Crippen LogP) is 15.1. The Morgan fingerprint density at radius 3 is 1.25 bits per heavy atom. The van der Waals surface area contributed by atoms with Crippen LogP contribution in [-0.2, 0) is 28.6 Å². The third-order valence-electron chi connectivity index (χ3n) is 12.8. The van der Waals surface area contributed by atoms with Gasteiger partial charge in [-0.2, -0.15) is 0 Å². The molecule has 0 heterocycles. The van der Waals surface area contributed by atoms with Gasteiger partial charge < -0.3 is 19.1 Å². The van der Waals surface area contributed by atoms with Gasteiger partial charge in [-0.15, -0.1) is 0 Å². The van der Waals surface area contributed by atoms with E-state index in [0.717, 1.165) is 122 Å². The Bertz CT molecular complexity index is 938. The maximum Gasteiger partial charge on any atom is 0.306 e. The molecule has 0 bridgehead atoms. The van der Waals surface area contributed by atoms with Gasteiger partial charge in [0.15, 0.2) is 0 Å². The maximum atomic E-state index is 12.9. The molecule has 0 N–H and O–H groups in total. The van der Waals surface area contributed by atoms with Crippen molar-refractivity contribution in [2.45, 2.75) is 255 Å². The number of nitrogens with zero attached hydrogens (tertiary/aromatic N) is 1. The summed E-state index contributed by atoms with van der Waals surface area (Å²) in [5, 5.41) is 0. The molecule has 0 aliphatic carbocycles. The molecule has 0 rings (SSSR count). The lowest BCUT2D eigenvalue weighted by Crippen LogP contribution is -2.23. The highest BCUT2D eigenvalue weighted by molar-refractivity contribution is 5.70. The Kier molecular flexibility index (Phi) is 39.1. The second kappa shape index (κ2) is 40.2. The van der Waals surface area contributed by atoms with E-state index in [1.807, 2.05) is 0 Å². The smallest absolute Gasteiger partial charge is 0.306 e. The Labute approximate surface area is 373 Å². The number of carbonyl (C=O) groups is 3. The summed E-state index contributed by atoms with van der Waals surface area (Å²) in [6.07, 6.45) is 30.6. The first kappa shape index (κ1) is 58.4. The van der Waals surface area contributed by atoms with Gasteiger partial charge in [0.1, 0.15) is 6.10 Å². The fourth-order valence-corrected chi connectivity index (χ4v) is 8.30. The number of esters is 3. The lowest BCUT2D eigenvalue weighted by molar-refractivity contribution is -0.150. The highest BCUT2D eigenvalue weighted by Gasteiger charge is 2.18. The highest BCUT2D eigenvalue weighted by atomic mass is 16.5. The minimum absolute atomic E-state index is 0.00829. The molecular weight excluding hydrogens is 747 g/mol. The molecule has 60 heavy (non-hydrogen) atoms. The summed E-state index contributed by atoms with van der Waals surface area (Å²) < 4.78 is 17.3. The maximum absolute atomic E-state index is 12.9. The van der Waals surface area contributed by atoms with Crippen molar-refractivity contribution < 1.29 is 28.6 Å². The van der Waals surface area contributed by atoms with Gasteiger partial charge in [-0.05, 0) is 133 Å². The second-order valence-electron chi connectivity index (χ2n) is 20.2. The van der Waals surface area contributed by atoms with Crippen molar-refractivity contribution in [1.82, 2.24) is 4.90 Å². The summed E-state index contributed by atoms with van der Waals surface area (Å²) in [5.41, 5.74) is 0. The molecule has 0 amide bonds. The van der Waals surface area contributed by atoms with Crippen molar-refractivity contribution in [2.24, 2.45) is 35.5 Å². The van der Waals surface area contributed by atoms with Crippen LogP contribution in [0.15, 0.2) is 0 Å². The van der Waals surface area contributed by atoms with Gasteiger partial charge in [-0.25, -0.2) is 0 Å². The molecule has 7 nitrogen and oxygen atoms in total. The van der Waals surface area contributed by atoms with Crippen molar-refractivity contribution in [3.05, 3.63) is 0 Å². The van der Waals surface area contributed by atoms with Gasteiger partial charge in [0, 0.05) is 19.3 Å². The molecule has 0 saturated heterocycles. The normalized spacial score (nSPS) is 13.4. The number of rotatable bonds is 43. The fraction of sp³-hybridized carbons (Fsp3) is 0.943. The van der Waals surface area contributed by atoms with E-state index in [0.29, 0.717) is 68.0 Å². The number of unbranched alkanes of at least 4 members (excludes halogenated alkanes) is 14. The van der Waals surface area contributed by atoms with Gasteiger partial charge in [0.25, 0.3) is 0 Å². The van der Waals surface area contributed by atoms with Gasteiger partial charge in [-0.3, -0.25) is 14.4 Å². The quantitative estimate of drug-likeness (QED) is 0.0343. The van der Waals surface area contributed by atoms with E-state index < -0.39 is 0 Å². The van der Waals surface area contributed by atoms with Gasteiger partial charge in [0.2, 0.25) is 0 Å². The SMILES string of the molecule is CCCCCCCN(C)CCCC(=O)OC(CCCCCCCCOC(=O)CCC(CCC(C)C)C(C)C)CCCCCCCCOC(=O)CCC(CCC(C)C)C(C)C. The van der Waals surface area contributed by atoms with E-state index in [2.05, 4.69) is 74.3 Å². The van der Waals surface area contributed by atoms with Crippen LogP contribution in [0.1, 0.15) is 249 Å². The van der Waals surface area contributed by atoms with Crippen LogP contribution in [-0.4, -0.2) is 62.3 Å². The van der Waals surface area contributed by atoms with E-state index in [4.69, 9.17) is 14.2 Å². The fourth-order valence-electron chi connectivity index (χ4n) is 8.30. The van der Waals surface area contributed by atoms with Crippen LogP contribution < -0.4 is 0 Å². The predicted molar refractivity (Wildman–Crippen MR) is 255 cm³/mol. The first-order chi connectivity index (χ1) is 28.7. The van der Waals surface area contributed by atoms with Crippen LogP contribution in [0, 0.1) is 35.5 Å². The molecular formula is C53H103NO6. The average molecular weight is 850 g/mol. The molecule has 0 fully saturated rings. The lowest BCUT2D eigenvalue weighted by Gasteiger charge is -2.21. The second-order valence-corrected chi connectivity index (χ2v) is 20.2. The summed E-state index contributed by atoms with van der Waals surface area (Å²) in [5.74, 6) is 3.72. The Hall–Kier alpha value is -1.63. The third kappa shape index (κ3) is 38.1. The van der Waals surface area contributed by atoms with Crippen LogP contribution in [0.3, 0.4) is 0 Å². The molecule has 0 aromatic rings. The number of hydrogen-bond donors (Lipinski definition) is 0. The molecule has 0 aromatic heterocycles. The van der Waals surface area contributed by atoms with Crippen LogP contribution in [0.5, 0.6) is 0 Å². The van der Waals surface area contributed by atoms with Crippen LogP contribution in [0.4, 0.5) is 0 Å². The van der Waals surface area contributed by atoms with E-state index in [1.165, 1.54) is 57.8 Å². The van der Waals surface area contributed by atoms with Crippen molar-refractivity contribution >= 4 is 17.9 Å². The summed E-state index contributed by atoms with van der Waals surface area (Å²) in [6.45, 7) is 23.5. The van der Waals surface area contributed by atoms with Gasteiger partial charge in [-0.1, -0.05) is 152 Å². The number of ether oxygens (including phenoxy) is 3. The molecule has 0 aliphatic heterocycles. The van der Waals surface area contributed by atoms with Crippen LogP contribution in [0.2, 0.25) is 0 Å². The molecule has 0 aromatic carbocycles. The minimum atomic E-state index is -0.0361. The first-order valence-corrected chi connectivity index (χ1v) is 25.9. The molecule has 0 saturated carbocycles. The number of carbonyl (C=O) groups excluding carboxylic acids is 3. The lowest BCUT2D eigenvalue weighted by atomic mass is 9.85. The largest absolute Gasteiger partial charge is 0.466 e. The molecule has 0 radical (unpaired) electrons. The highest BCUT2D eigenvalue weighted by Crippen LogP contribution is 2.26. The Morgan fingerprint density at radius 1 is 0.417 bits per heavy atom. The van der Waals surface area contributed by atoms with Gasteiger partial charge in [0.05, 0.1) is 13.2 Å². The van der Waals surface area contributed by atoms with Gasteiger partial charge >= 0.3 is 17.9 Å². The van der Waals surface area contributed by atoms with E-state index in [9.17, 15) is 14.4 Å². The van der Waals surface area contributed by atoms with Crippen LogP contribution >= 0.6 is 0 Å². The van der Waals surface area contributed by atoms with Crippen molar-refractivity contribution in [1.29, 1.82) is 0 Å². The minimum Gasteiger partial charge on any atom is -0.466 e. The summed E-state index contributed by atoms with van der Waals surface area (Å²) in [6, 6.07) is 0. The van der Waals surface area contributed by atoms with E-state index >= 15 is 0 Å². The summed E-state index contributed by atoms with van der Waals surface area (Å²) in [4.78, 5) is 40.0. The van der Waals surface area contributed by atoms with Crippen LogP contribution in [0.25, 0.3) is 0 Å². The Morgan fingerprint density at radius 2 is 0.817 bits per heavy atom. The third-order valence-corrected chi connectivity index (χ3v) is 12.8. The standard InChI is InChI=1S/C53H103NO6/c1-11-12-13-20-25-40-54(10)41-28-31-53(57)60-50(29-23-18-14-16-21-26-42-58-51(55)38-36-48(46(6)7)34-32-44(2)3)30-24-19-15-17-22-27-43-59-52(56)39-37-49(47(8)9)35-33-45(4)5/h44-50H,11-43H2,1-10H3. The molecule has 0 aliphatic rings. The number of hydrogen-bond acceptors (Lipinski definition) is 7. The average Bonchev–Trinajstić information content (AvgIpc) is 3.18. The zero-order valence-electron chi connectivity index (χ0n) is 41.8. The molecule has 7 heteroatoms. The van der Waals surface area contributed by atoms with Crippen molar-refractivity contribution in [2.75, 3.05) is 33.4 Å². The molecule has 0 spiro atoms. The van der Waals surface area contributed by atoms with E-state index in [1.54, 1.807) is 0 Å². The zero-order chi connectivity index (χ0) is 44.8. The van der Waals surface area contributed by atoms with Crippen molar-refractivity contribution in [3.8, 4) is 0 Å². The molecule has 2 unspecified atom stereocenters. The summed E-state index contributed by atoms with van der Waals surface area (Å²) >= 11 is 0. The van der Waals surface area contributed by atoms with E-state index in [-0.39, 0.29) is 24.0 Å². The summed E-state index contributed by atoms with van der Waals surface area (Å²) in [7, 11) is 2.17. The van der Waals surface area contributed by atoms with Crippen molar-refractivity contribution in [3.63, 3.8) is 0 Å². The topological polar surface area (TPSA) is 82.1 Å². The Balaban J connectivity index is 4.46.